The largest absolute Gasteiger partial charge is 0.480 e. The molecule has 21 heavy (non-hydrogen) atoms. The van der Waals surface area contributed by atoms with E-state index in [1.165, 1.54) is 0 Å². The van der Waals surface area contributed by atoms with Crippen molar-refractivity contribution in [3.63, 3.8) is 0 Å². The SMILES string of the molecule is C[C@H](OC(F)(F)C(=O)O)[C@H](NCc1ccccc1)C(=O)O. The first-order valence-corrected chi connectivity index (χ1v) is 6.03. The lowest BCUT2D eigenvalue weighted by Gasteiger charge is -2.24. The number of hydrogen-bond acceptors (Lipinski definition) is 4. The molecule has 1 rings (SSSR count). The van der Waals surface area contributed by atoms with Crippen molar-refractivity contribution >= 4 is 11.9 Å². The summed E-state index contributed by atoms with van der Waals surface area (Å²) in [4.78, 5) is 21.4. The van der Waals surface area contributed by atoms with Crippen LogP contribution < -0.4 is 5.32 Å². The minimum Gasteiger partial charge on any atom is -0.480 e. The molecule has 8 heteroatoms. The molecule has 0 aliphatic heterocycles. The zero-order chi connectivity index (χ0) is 16.0. The highest BCUT2D eigenvalue weighted by molar-refractivity contribution is 5.75. The summed E-state index contributed by atoms with van der Waals surface area (Å²) in [7, 11) is 0. The van der Waals surface area contributed by atoms with Gasteiger partial charge >= 0.3 is 18.0 Å². The van der Waals surface area contributed by atoms with E-state index in [0.29, 0.717) is 0 Å². The summed E-state index contributed by atoms with van der Waals surface area (Å²) < 4.78 is 29.9. The van der Waals surface area contributed by atoms with Crippen LogP contribution in [0.2, 0.25) is 0 Å². The Bertz CT molecular complexity index is 495. The van der Waals surface area contributed by atoms with Crippen molar-refractivity contribution < 1.29 is 33.3 Å². The maximum Gasteiger partial charge on any atom is 0.456 e. The van der Waals surface area contributed by atoms with E-state index in [4.69, 9.17) is 10.2 Å². The second kappa shape index (κ2) is 7.09. The van der Waals surface area contributed by atoms with E-state index in [1.54, 1.807) is 30.3 Å². The summed E-state index contributed by atoms with van der Waals surface area (Å²) in [5.74, 6) is -3.89. The number of nitrogens with one attached hydrogen (secondary N) is 1. The lowest BCUT2D eigenvalue weighted by molar-refractivity contribution is -0.263. The number of ether oxygens (including phenoxy) is 1. The molecule has 0 heterocycles. The summed E-state index contributed by atoms with van der Waals surface area (Å²) in [5, 5.41) is 19.8. The summed E-state index contributed by atoms with van der Waals surface area (Å²) in [6.45, 7) is 1.18. The third kappa shape index (κ3) is 5.09. The molecule has 1 aromatic rings. The smallest absolute Gasteiger partial charge is 0.456 e. The quantitative estimate of drug-likeness (QED) is 0.670. The molecule has 0 bridgehead atoms. The maximum atomic E-state index is 12.9. The van der Waals surface area contributed by atoms with Crippen molar-refractivity contribution in [1.82, 2.24) is 5.32 Å². The van der Waals surface area contributed by atoms with Crippen LogP contribution in [0.5, 0.6) is 0 Å². The number of alkyl halides is 2. The fourth-order valence-corrected chi connectivity index (χ4v) is 1.63. The van der Waals surface area contributed by atoms with Gasteiger partial charge in [-0.25, -0.2) is 4.79 Å². The number of carboxylic acids is 2. The number of carboxylic acid groups (broad SMARTS) is 2. The Morgan fingerprint density at radius 2 is 1.86 bits per heavy atom. The molecule has 6 nitrogen and oxygen atoms in total. The van der Waals surface area contributed by atoms with Crippen molar-refractivity contribution in [2.45, 2.75) is 31.7 Å². The summed E-state index contributed by atoms with van der Waals surface area (Å²) >= 11 is 0. The molecule has 0 aliphatic carbocycles. The average molecular weight is 303 g/mol. The Balaban J connectivity index is 2.69. The zero-order valence-electron chi connectivity index (χ0n) is 11.1. The molecule has 116 valence electrons. The van der Waals surface area contributed by atoms with Gasteiger partial charge in [0.1, 0.15) is 6.04 Å². The molecule has 0 radical (unpaired) electrons. The third-order valence-electron chi connectivity index (χ3n) is 2.69. The van der Waals surface area contributed by atoms with Gasteiger partial charge in [0.15, 0.2) is 0 Å². The zero-order valence-corrected chi connectivity index (χ0v) is 11.1. The molecule has 3 N–H and O–H groups in total. The van der Waals surface area contributed by atoms with E-state index in [1.807, 2.05) is 0 Å². The van der Waals surface area contributed by atoms with Crippen LogP contribution in [0, 0.1) is 0 Å². The van der Waals surface area contributed by atoms with Crippen LogP contribution in [0.4, 0.5) is 8.78 Å². The third-order valence-corrected chi connectivity index (χ3v) is 2.69. The normalized spacial score (nSPS) is 14.4. The first-order chi connectivity index (χ1) is 9.74. The van der Waals surface area contributed by atoms with Crippen LogP contribution in [0.1, 0.15) is 12.5 Å². The van der Waals surface area contributed by atoms with Gasteiger partial charge in [-0.2, -0.15) is 8.78 Å². The van der Waals surface area contributed by atoms with Gasteiger partial charge < -0.3 is 14.9 Å². The summed E-state index contributed by atoms with van der Waals surface area (Å²) in [5.41, 5.74) is 0.751. The lowest BCUT2D eigenvalue weighted by Crippen LogP contribution is -2.49. The van der Waals surface area contributed by atoms with Gasteiger partial charge in [0.25, 0.3) is 0 Å². The fourth-order valence-electron chi connectivity index (χ4n) is 1.63. The van der Waals surface area contributed by atoms with Crippen molar-refractivity contribution in [1.29, 1.82) is 0 Å². The van der Waals surface area contributed by atoms with Crippen LogP contribution in [0.15, 0.2) is 30.3 Å². The molecule has 0 aromatic heterocycles. The van der Waals surface area contributed by atoms with Crippen molar-refractivity contribution in [3.8, 4) is 0 Å². The van der Waals surface area contributed by atoms with Gasteiger partial charge in [-0.15, -0.1) is 0 Å². The summed E-state index contributed by atoms with van der Waals surface area (Å²) in [6.07, 6.45) is -5.99. The molecule has 0 saturated carbocycles. The van der Waals surface area contributed by atoms with E-state index >= 15 is 0 Å². The Hall–Kier alpha value is -2.06. The maximum absolute atomic E-state index is 12.9. The second-order valence-electron chi connectivity index (χ2n) is 4.33. The van der Waals surface area contributed by atoms with Crippen LogP contribution in [-0.2, 0) is 20.9 Å². The number of benzene rings is 1. The van der Waals surface area contributed by atoms with Gasteiger partial charge in [-0.05, 0) is 12.5 Å². The van der Waals surface area contributed by atoms with E-state index in [0.717, 1.165) is 12.5 Å². The Kier molecular flexibility index (Phi) is 5.74. The molecule has 1 aromatic carbocycles. The molecule has 0 fully saturated rings. The van der Waals surface area contributed by atoms with Crippen LogP contribution in [0.25, 0.3) is 0 Å². The highest BCUT2D eigenvalue weighted by Crippen LogP contribution is 2.19. The van der Waals surface area contributed by atoms with E-state index in [2.05, 4.69) is 10.1 Å². The van der Waals surface area contributed by atoms with Crippen LogP contribution in [-0.4, -0.2) is 40.4 Å². The number of rotatable bonds is 8. The Morgan fingerprint density at radius 1 is 1.29 bits per heavy atom. The minimum absolute atomic E-state index is 0.115. The average Bonchev–Trinajstić information content (AvgIpc) is 2.38. The molecule has 0 amide bonds. The van der Waals surface area contributed by atoms with E-state index in [9.17, 15) is 18.4 Å². The van der Waals surface area contributed by atoms with Gasteiger partial charge in [0.2, 0.25) is 0 Å². The minimum atomic E-state index is -4.44. The first kappa shape index (κ1) is 17.0. The molecule has 0 aliphatic rings. The van der Waals surface area contributed by atoms with Crippen molar-refractivity contribution in [3.05, 3.63) is 35.9 Å². The molecule has 0 saturated heterocycles. The molecule has 0 spiro atoms. The first-order valence-electron chi connectivity index (χ1n) is 6.03. The van der Waals surface area contributed by atoms with Gasteiger partial charge in [0, 0.05) is 6.54 Å². The Labute approximate surface area is 119 Å². The van der Waals surface area contributed by atoms with E-state index in [-0.39, 0.29) is 6.54 Å². The molecular formula is C13H15F2NO5. The number of aliphatic carboxylic acids is 2. The van der Waals surface area contributed by atoms with Crippen molar-refractivity contribution in [2.24, 2.45) is 0 Å². The summed E-state index contributed by atoms with van der Waals surface area (Å²) in [6, 6.07) is 7.23. The van der Waals surface area contributed by atoms with E-state index < -0.39 is 30.2 Å². The van der Waals surface area contributed by atoms with Crippen LogP contribution in [0.3, 0.4) is 0 Å². The fraction of sp³-hybridized carbons (Fsp3) is 0.385. The van der Waals surface area contributed by atoms with Crippen LogP contribution >= 0.6 is 0 Å². The number of halogens is 2. The topological polar surface area (TPSA) is 95.9 Å². The highest BCUT2D eigenvalue weighted by atomic mass is 19.3. The van der Waals surface area contributed by atoms with Gasteiger partial charge in [0.05, 0.1) is 6.10 Å². The molecule has 0 unspecified atom stereocenters. The predicted molar refractivity (Wildman–Crippen MR) is 67.8 cm³/mol. The second-order valence-corrected chi connectivity index (χ2v) is 4.33. The Morgan fingerprint density at radius 3 is 2.33 bits per heavy atom. The molecule has 2 atom stereocenters. The lowest BCUT2D eigenvalue weighted by atomic mass is 10.1. The van der Waals surface area contributed by atoms with Gasteiger partial charge in [-0.3, -0.25) is 10.1 Å². The predicted octanol–water partition coefficient (Wildman–Crippen LogP) is 1.31. The highest BCUT2D eigenvalue weighted by Gasteiger charge is 2.44. The monoisotopic (exact) mass is 303 g/mol. The number of carbonyl (C=O) groups is 2. The number of hydrogen-bond donors (Lipinski definition) is 3. The standard InChI is InChI=1S/C13H15F2NO5/c1-8(21-13(14,15)12(19)20)10(11(17)18)16-7-9-5-3-2-4-6-9/h2-6,8,10,16H,7H2,1H3,(H,17,18)(H,19,20)/t8-,10-/m0/s1. The molecular weight excluding hydrogens is 288 g/mol. The van der Waals surface area contributed by atoms with Crippen molar-refractivity contribution in [2.75, 3.05) is 0 Å². The van der Waals surface area contributed by atoms with Gasteiger partial charge in [-0.1, -0.05) is 30.3 Å².